The van der Waals surface area contributed by atoms with Crippen molar-refractivity contribution in [3.63, 3.8) is 0 Å². The molecule has 0 spiro atoms. The first-order valence-electron chi connectivity index (χ1n) is 5.90. The summed E-state index contributed by atoms with van der Waals surface area (Å²) < 4.78 is 13.0. The fraction of sp³-hybridized carbons (Fsp3) is 0.154. The van der Waals surface area contributed by atoms with Crippen molar-refractivity contribution in [3.8, 4) is 6.07 Å². The number of carbonyl (C=O) groups excluding carboxylic acids is 1. The number of amides is 1. The van der Waals surface area contributed by atoms with Gasteiger partial charge >= 0.3 is 0 Å². The summed E-state index contributed by atoms with van der Waals surface area (Å²) >= 11 is 0. The molecule has 0 aliphatic rings. The van der Waals surface area contributed by atoms with Crippen molar-refractivity contribution in [2.24, 2.45) is 0 Å². The molecule has 0 radical (unpaired) electrons. The lowest BCUT2D eigenvalue weighted by atomic mass is 10.2. The van der Waals surface area contributed by atoms with E-state index in [0.717, 1.165) is 12.1 Å². The van der Waals surface area contributed by atoms with Gasteiger partial charge in [-0.1, -0.05) is 6.92 Å². The van der Waals surface area contributed by atoms with E-state index >= 15 is 0 Å². The molecule has 0 fully saturated rings. The first kappa shape index (κ1) is 13.5. The fourth-order valence-corrected chi connectivity index (χ4v) is 1.73. The van der Waals surface area contributed by atoms with Crippen molar-refractivity contribution in [1.29, 1.82) is 5.26 Å². The number of nitriles is 1. The highest BCUT2D eigenvalue weighted by atomic mass is 19.1. The SMILES string of the molecule is CCc1[nH]nc(C(=O)Nc2ccc(F)cc2C#N)c1N. The maximum absolute atomic E-state index is 13.0. The minimum Gasteiger partial charge on any atom is -0.395 e. The molecule has 0 saturated carbocycles. The van der Waals surface area contributed by atoms with Gasteiger partial charge in [-0.15, -0.1) is 0 Å². The zero-order valence-corrected chi connectivity index (χ0v) is 10.7. The monoisotopic (exact) mass is 273 g/mol. The molecule has 0 bridgehead atoms. The van der Waals surface area contributed by atoms with Gasteiger partial charge in [0.15, 0.2) is 5.69 Å². The van der Waals surface area contributed by atoms with Crippen LogP contribution in [0.3, 0.4) is 0 Å². The smallest absolute Gasteiger partial charge is 0.278 e. The predicted molar refractivity (Wildman–Crippen MR) is 71.4 cm³/mol. The van der Waals surface area contributed by atoms with Crippen LogP contribution in [0.1, 0.15) is 28.7 Å². The lowest BCUT2D eigenvalue weighted by molar-refractivity contribution is 0.102. The predicted octanol–water partition coefficient (Wildman–Crippen LogP) is 1.82. The lowest BCUT2D eigenvalue weighted by Gasteiger charge is -2.06. The number of nitrogens with zero attached hydrogens (tertiary/aromatic N) is 2. The number of carbonyl (C=O) groups is 1. The largest absolute Gasteiger partial charge is 0.395 e. The number of nitrogen functional groups attached to an aromatic ring is 1. The van der Waals surface area contributed by atoms with Crippen molar-refractivity contribution in [2.75, 3.05) is 11.1 Å². The number of nitrogens with one attached hydrogen (secondary N) is 2. The highest BCUT2D eigenvalue weighted by Gasteiger charge is 2.17. The molecule has 0 aliphatic heterocycles. The minimum atomic E-state index is -0.554. The number of H-pyrrole nitrogens is 1. The molecule has 0 aliphatic carbocycles. The highest BCUT2D eigenvalue weighted by molar-refractivity contribution is 6.07. The number of benzene rings is 1. The molecule has 0 saturated heterocycles. The molecule has 1 aromatic heterocycles. The fourth-order valence-electron chi connectivity index (χ4n) is 1.73. The molecule has 0 atom stereocenters. The Labute approximate surface area is 114 Å². The van der Waals surface area contributed by atoms with Crippen LogP contribution in [-0.2, 0) is 6.42 Å². The average molecular weight is 273 g/mol. The molecule has 0 unspecified atom stereocenters. The summed E-state index contributed by atoms with van der Waals surface area (Å²) in [5, 5.41) is 17.9. The van der Waals surface area contributed by atoms with E-state index in [4.69, 9.17) is 11.0 Å². The number of nitrogens with two attached hydrogens (primary N) is 1. The number of anilines is 2. The van der Waals surface area contributed by atoms with Gasteiger partial charge in [0, 0.05) is 0 Å². The number of aromatic nitrogens is 2. The molecule has 6 nitrogen and oxygen atoms in total. The maximum Gasteiger partial charge on any atom is 0.278 e. The molecule has 7 heteroatoms. The van der Waals surface area contributed by atoms with Gasteiger partial charge in [0.2, 0.25) is 0 Å². The van der Waals surface area contributed by atoms with Crippen LogP contribution < -0.4 is 11.1 Å². The summed E-state index contributed by atoms with van der Waals surface area (Å²) in [6.45, 7) is 1.87. The van der Waals surface area contributed by atoms with Gasteiger partial charge in [-0.2, -0.15) is 10.4 Å². The van der Waals surface area contributed by atoms with Gasteiger partial charge in [0.05, 0.1) is 22.6 Å². The van der Waals surface area contributed by atoms with E-state index in [1.54, 1.807) is 0 Å². The van der Waals surface area contributed by atoms with E-state index < -0.39 is 11.7 Å². The average Bonchev–Trinajstić information content (AvgIpc) is 2.81. The summed E-state index contributed by atoms with van der Waals surface area (Å²) in [7, 11) is 0. The lowest BCUT2D eigenvalue weighted by Crippen LogP contribution is -2.15. The number of halogens is 1. The van der Waals surface area contributed by atoms with Crippen molar-refractivity contribution >= 4 is 17.3 Å². The third-order valence-corrected chi connectivity index (χ3v) is 2.80. The summed E-state index contributed by atoms with van der Waals surface area (Å²) in [6.07, 6.45) is 0.617. The molecule has 1 aromatic carbocycles. The van der Waals surface area contributed by atoms with E-state index in [9.17, 15) is 9.18 Å². The van der Waals surface area contributed by atoms with Crippen molar-refractivity contribution in [3.05, 3.63) is 41.0 Å². The van der Waals surface area contributed by atoms with E-state index in [0.29, 0.717) is 12.1 Å². The molecular formula is C13H12FN5O. The van der Waals surface area contributed by atoms with Crippen LogP contribution in [0.5, 0.6) is 0 Å². The first-order chi connectivity index (χ1) is 9.56. The van der Waals surface area contributed by atoms with Crippen LogP contribution in [0.2, 0.25) is 0 Å². The molecule has 1 amide bonds. The third-order valence-electron chi connectivity index (χ3n) is 2.80. The van der Waals surface area contributed by atoms with Crippen LogP contribution in [0.15, 0.2) is 18.2 Å². The third kappa shape index (κ3) is 2.44. The summed E-state index contributed by atoms with van der Waals surface area (Å²) in [5.74, 6) is -1.10. The van der Waals surface area contributed by atoms with E-state index in [-0.39, 0.29) is 22.6 Å². The van der Waals surface area contributed by atoms with Crippen molar-refractivity contribution in [1.82, 2.24) is 10.2 Å². The van der Waals surface area contributed by atoms with Gasteiger partial charge in [0.25, 0.3) is 5.91 Å². The molecule has 1 heterocycles. The zero-order valence-electron chi connectivity index (χ0n) is 10.7. The Balaban J connectivity index is 2.28. The van der Waals surface area contributed by atoms with Crippen LogP contribution in [0.4, 0.5) is 15.8 Å². The number of hydrogen-bond acceptors (Lipinski definition) is 4. The Kier molecular flexibility index (Phi) is 3.66. The molecule has 2 aromatic rings. The number of aromatic amines is 1. The van der Waals surface area contributed by atoms with Crippen LogP contribution in [0.25, 0.3) is 0 Å². The Morgan fingerprint density at radius 2 is 2.35 bits per heavy atom. The molecular weight excluding hydrogens is 261 g/mol. The Morgan fingerprint density at radius 3 is 2.95 bits per heavy atom. The Bertz CT molecular complexity index is 701. The number of hydrogen-bond donors (Lipinski definition) is 3. The maximum atomic E-state index is 13.0. The van der Waals surface area contributed by atoms with Crippen LogP contribution in [0, 0.1) is 17.1 Å². The van der Waals surface area contributed by atoms with E-state index in [1.807, 2.05) is 13.0 Å². The quantitative estimate of drug-likeness (QED) is 0.792. The standard InChI is InChI=1S/C13H12FN5O/c1-2-9-11(16)12(19-18-9)13(20)17-10-4-3-8(14)5-7(10)6-15/h3-5H,2,16H2,1H3,(H,17,20)(H,18,19). The van der Waals surface area contributed by atoms with E-state index in [1.165, 1.54) is 6.07 Å². The van der Waals surface area contributed by atoms with Crippen molar-refractivity contribution < 1.29 is 9.18 Å². The normalized spacial score (nSPS) is 10.1. The Morgan fingerprint density at radius 1 is 1.60 bits per heavy atom. The van der Waals surface area contributed by atoms with Crippen molar-refractivity contribution in [2.45, 2.75) is 13.3 Å². The summed E-state index contributed by atoms with van der Waals surface area (Å²) in [4.78, 5) is 12.0. The summed E-state index contributed by atoms with van der Waals surface area (Å²) in [6, 6.07) is 5.32. The van der Waals surface area contributed by atoms with E-state index in [2.05, 4.69) is 15.5 Å². The summed E-state index contributed by atoms with van der Waals surface area (Å²) in [5.41, 5.74) is 7.00. The molecule has 20 heavy (non-hydrogen) atoms. The number of rotatable bonds is 3. The second-order valence-electron chi connectivity index (χ2n) is 4.07. The second-order valence-corrected chi connectivity index (χ2v) is 4.07. The van der Waals surface area contributed by atoms with Gasteiger partial charge in [-0.25, -0.2) is 4.39 Å². The first-order valence-corrected chi connectivity index (χ1v) is 5.90. The molecule has 4 N–H and O–H groups in total. The second kappa shape index (κ2) is 5.40. The molecule has 102 valence electrons. The van der Waals surface area contributed by atoms with Gasteiger partial charge in [-0.3, -0.25) is 9.89 Å². The van der Waals surface area contributed by atoms with Crippen LogP contribution >= 0.6 is 0 Å². The van der Waals surface area contributed by atoms with Gasteiger partial charge < -0.3 is 11.1 Å². The zero-order chi connectivity index (χ0) is 14.7. The Hall–Kier alpha value is -2.88. The highest BCUT2D eigenvalue weighted by Crippen LogP contribution is 2.19. The topological polar surface area (TPSA) is 108 Å². The number of aryl methyl sites for hydroxylation is 1. The molecule has 2 rings (SSSR count). The van der Waals surface area contributed by atoms with Gasteiger partial charge in [0.1, 0.15) is 11.9 Å². The van der Waals surface area contributed by atoms with Gasteiger partial charge in [-0.05, 0) is 24.6 Å². The minimum absolute atomic E-state index is 0.0307. The van der Waals surface area contributed by atoms with Crippen LogP contribution in [-0.4, -0.2) is 16.1 Å².